The fourth-order valence-corrected chi connectivity index (χ4v) is 3.89. The Labute approximate surface area is 180 Å². The number of rotatable bonds is 7. The van der Waals surface area contributed by atoms with E-state index in [1.165, 1.54) is 15.7 Å². The molecule has 0 spiro atoms. The second-order valence-electron chi connectivity index (χ2n) is 8.76. The van der Waals surface area contributed by atoms with Crippen molar-refractivity contribution in [1.29, 1.82) is 0 Å². The van der Waals surface area contributed by atoms with Gasteiger partial charge in [-0.25, -0.2) is 9.78 Å². The Morgan fingerprint density at radius 3 is 2.68 bits per heavy atom. The van der Waals surface area contributed by atoms with Crippen LogP contribution in [0.1, 0.15) is 59.8 Å². The Hall–Kier alpha value is -3.22. The lowest BCUT2D eigenvalue weighted by molar-refractivity contribution is 0.0955. The van der Waals surface area contributed by atoms with Crippen LogP contribution in [0, 0.1) is 12.8 Å². The fraction of sp³-hybridized carbons (Fsp3) is 0.417. The van der Waals surface area contributed by atoms with Gasteiger partial charge in [-0.15, -0.1) is 0 Å². The summed E-state index contributed by atoms with van der Waals surface area (Å²) < 4.78 is 1.48. The van der Waals surface area contributed by atoms with Crippen LogP contribution in [-0.4, -0.2) is 27.0 Å². The van der Waals surface area contributed by atoms with Gasteiger partial charge in [-0.2, -0.15) is 0 Å². The molecular formula is C24H28N4O3. The number of amides is 1. The Kier molecular flexibility index (Phi) is 5.76. The number of aromatic amines is 1. The van der Waals surface area contributed by atoms with Crippen molar-refractivity contribution in [3.8, 4) is 0 Å². The standard InChI is InChI=1S/C24H28N4O3/c1-14(2)13-28-21-20(23(30)27-24(28)31)18(12-19(26-21)17-8-9-17)22(29)25-11-10-16-7-5-4-6-15(16)3/h4-7,12,14,17H,8-11,13H2,1-3H3,(H,25,29)(H,27,30,31). The van der Waals surface area contributed by atoms with Gasteiger partial charge in [0, 0.05) is 24.7 Å². The number of fused-ring (bicyclic) bond motifs is 1. The molecule has 31 heavy (non-hydrogen) atoms. The minimum absolute atomic E-state index is 0.179. The molecule has 1 amide bonds. The van der Waals surface area contributed by atoms with Crippen molar-refractivity contribution in [3.63, 3.8) is 0 Å². The second-order valence-corrected chi connectivity index (χ2v) is 8.76. The highest BCUT2D eigenvalue weighted by atomic mass is 16.2. The molecule has 0 bridgehead atoms. The predicted molar refractivity (Wildman–Crippen MR) is 121 cm³/mol. The molecule has 0 aliphatic heterocycles. The third kappa shape index (κ3) is 4.45. The third-order valence-electron chi connectivity index (χ3n) is 5.70. The van der Waals surface area contributed by atoms with E-state index >= 15 is 0 Å². The zero-order chi connectivity index (χ0) is 22.1. The predicted octanol–water partition coefficient (Wildman–Crippen LogP) is 2.90. The molecule has 7 heteroatoms. The van der Waals surface area contributed by atoms with Gasteiger partial charge in [-0.05, 0) is 49.3 Å². The topological polar surface area (TPSA) is 96.8 Å². The van der Waals surface area contributed by atoms with E-state index < -0.39 is 11.2 Å². The summed E-state index contributed by atoms with van der Waals surface area (Å²) in [6.45, 7) is 6.90. The molecule has 0 radical (unpaired) electrons. The summed E-state index contributed by atoms with van der Waals surface area (Å²) in [5.41, 5.74) is 2.66. The zero-order valence-corrected chi connectivity index (χ0v) is 18.2. The number of hydrogen-bond donors (Lipinski definition) is 2. The lowest BCUT2D eigenvalue weighted by Crippen LogP contribution is -2.34. The van der Waals surface area contributed by atoms with Crippen LogP contribution in [0.3, 0.4) is 0 Å². The normalized spacial score (nSPS) is 13.7. The van der Waals surface area contributed by atoms with Gasteiger partial charge in [0.15, 0.2) is 5.65 Å². The number of aryl methyl sites for hydroxylation is 1. The van der Waals surface area contributed by atoms with Crippen LogP contribution in [0.2, 0.25) is 0 Å². The molecular weight excluding hydrogens is 392 g/mol. The van der Waals surface area contributed by atoms with Crippen LogP contribution in [0.4, 0.5) is 0 Å². The van der Waals surface area contributed by atoms with Gasteiger partial charge in [-0.3, -0.25) is 19.1 Å². The van der Waals surface area contributed by atoms with E-state index in [2.05, 4.69) is 15.3 Å². The number of pyridine rings is 1. The summed E-state index contributed by atoms with van der Waals surface area (Å²) in [5.74, 6) is 0.150. The van der Waals surface area contributed by atoms with Crippen LogP contribution in [-0.2, 0) is 13.0 Å². The number of H-pyrrole nitrogens is 1. The van der Waals surface area contributed by atoms with Crippen molar-refractivity contribution in [1.82, 2.24) is 19.9 Å². The maximum Gasteiger partial charge on any atom is 0.330 e. The quantitative estimate of drug-likeness (QED) is 0.614. The summed E-state index contributed by atoms with van der Waals surface area (Å²) in [4.78, 5) is 45.4. The molecule has 1 fully saturated rings. The number of hydrogen-bond acceptors (Lipinski definition) is 4. The lowest BCUT2D eigenvalue weighted by atomic mass is 10.1. The van der Waals surface area contributed by atoms with E-state index in [1.54, 1.807) is 6.07 Å². The second kappa shape index (κ2) is 8.49. The van der Waals surface area contributed by atoms with E-state index in [4.69, 9.17) is 0 Å². The number of nitrogens with one attached hydrogen (secondary N) is 2. The first-order valence-corrected chi connectivity index (χ1v) is 10.9. The van der Waals surface area contributed by atoms with Crippen molar-refractivity contribution < 1.29 is 4.79 Å². The highest BCUT2D eigenvalue weighted by molar-refractivity contribution is 6.05. The average molecular weight is 421 g/mol. The van der Waals surface area contributed by atoms with E-state index in [0.29, 0.717) is 25.2 Å². The molecule has 2 N–H and O–H groups in total. The largest absolute Gasteiger partial charge is 0.352 e. The van der Waals surface area contributed by atoms with E-state index in [9.17, 15) is 14.4 Å². The molecule has 1 saturated carbocycles. The lowest BCUT2D eigenvalue weighted by Gasteiger charge is -2.15. The molecule has 0 atom stereocenters. The van der Waals surface area contributed by atoms with Crippen LogP contribution in [0.15, 0.2) is 39.9 Å². The van der Waals surface area contributed by atoms with E-state index in [-0.39, 0.29) is 28.7 Å². The van der Waals surface area contributed by atoms with Crippen LogP contribution >= 0.6 is 0 Å². The highest BCUT2D eigenvalue weighted by Crippen LogP contribution is 2.39. The molecule has 162 valence electrons. The molecule has 3 aromatic rings. The highest BCUT2D eigenvalue weighted by Gasteiger charge is 2.28. The van der Waals surface area contributed by atoms with Crippen LogP contribution in [0.25, 0.3) is 11.0 Å². The molecule has 2 heterocycles. The Bertz CT molecular complexity index is 1250. The molecule has 4 rings (SSSR count). The van der Waals surface area contributed by atoms with Gasteiger partial charge in [0.1, 0.15) is 0 Å². The minimum Gasteiger partial charge on any atom is -0.352 e. The molecule has 0 saturated heterocycles. The van der Waals surface area contributed by atoms with Crippen molar-refractivity contribution in [2.24, 2.45) is 5.92 Å². The van der Waals surface area contributed by atoms with Crippen LogP contribution < -0.4 is 16.6 Å². The monoisotopic (exact) mass is 420 g/mol. The van der Waals surface area contributed by atoms with Crippen LogP contribution in [0.5, 0.6) is 0 Å². The molecule has 2 aromatic heterocycles. The van der Waals surface area contributed by atoms with E-state index in [1.807, 2.05) is 45.0 Å². The first kappa shape index (κ1) is 21.0. The van der Waals surface area contributed by atoms with Crippen molar-refractivity contribution >= 4 is 16.9 Å². The first-order valence-electron chi connectivity index (χ1n) is 10.9. The van der Waals surface area contributed by atoms with Gasteiger partial charge in [-0.1, -0.05) is 38.1 Å². The number of carbonyl (C=O) groups excluding carboxylic acids is 1. The Morgan fingerprint density at radius 2 is 2.00 bits per heavy atom. The zero-order valence-electron chi connectivity index (χ0n) is 18.2. The maximum absolute atomic E-state index is 13.1. The summed E-state index contributed by atoms with van der Waals surface area (Å²) in [7, 11) is 0. The van der Waals surface area contributed by atoms with E-state index in [0.717, 1.165) is 18.5 Å². The Morgan fingerprint density at radius 1 is 1.26 bits per heavy atom. The molecule has 1 aromatic carbocycles. The van der Waals surface area contributed by atoms with Crippen molar-refractivity contribution in [2.45, 2.75) is 52.5 Å². The average Bonchev–Trinajstić information content (AvgIpc) is 3.56. The van der Waals surface area contributed by atoms with Crippen molar-refractivity contribution in [2.75, 3.05) is 6.54 Å². The number of nitrogens with zero attached hydrogens (tertiary/aromatic N) is 2. The number of aromatic nitrogens is 3. The molecule has 1 aliphatic carbocycles. The maximum atomic E-state index is 13.1. The molecule has 1 aliphatic rings. The molecule has 7 nitrogen and oxygen atoms in total. The van der Waals surface area contributed by atoms with Gasteiger partial charge in [0.2, 0.25) is 0 Å². The third-order valence-corrected chi connectivity index (χ3v) is 5.70. The van der Waals surface area contributed by atoms with Gasteiger partial charge in [0.05, 0.1) is 10.9 Å². The fourth-order valence-electron chi connectivity index (χ4n) is 3.89. The summed E-state index contributed by atoms with van der Waals surface area (Å²) >= 11 is 0. The SMILES string of the molecule is Cc1ccccc1CCNC(=O)c1cc(C2CC2)nc2c1c(=O)[nH]c(=O)n2CC(C)C. The number of benzene rings is 1. The smallest absolute Gasteiger partial charge is 0.330 e. The van der Waals surface area contributed by atoms with Crippen molar-refractivity contribution in [3.05, 3.63) is 73.6 Å². The van der Waals surface area contributed by atoms with Gasteiger partial charge in [0.25, 0.3) is 11.5 Å². The summed E-state index contributed by atoms with van der Waals surface area (Å²) in [6.07, 6.45) is 2.71. The van der Waals surface area contributed by atoms with Gasteiger partial charge >= 0.3 is 5.69 Å². The minimum atomic E-state index is -0.570. The summed E-state index contributed by atoms with van der Waals surface area (Å²) in [6, 6.07) is 9.79. The molecule has 0 unspecified atom stereocenters. The number of carbonyl (C=O) groups is 1. The summed E-state index contributed by atoms with van der Waals surface area (Å²) in [5, 5.41) is 3.13. The first-order chi connectivity index (χ1) is 14.8. The van der Waals surface area contributed by atoms with Gasteiger partial charge < -0.3 is 5.32 Å². The Balaban J connectivity index is 1.72.